The van der Waals surface area contributed by atoms with Crippen LogP contribution in [0.5, 0.6) is 0 Å². The Kier molecular flexibility index (Phi) is 5.15. The van der Waals surface area contributed by atoms with Crippen molar-refractivity contribution in [2.45, 2.75) is 19.9 Å². The normalized spacial score (nSPS) is 10.2. The van der Waals surface area contributed by atoms with E-state index in [1.807, 2.05) is 6.92 Å². The number of hydrogen-bond acceptors (Lipinski definition) is 4. The molecule has 0 aliphatic carbocycles. The van der Waals surface area contributed by atoms with Crippen LogP contribution >= 0.6 is 0 Å². The van der Waals surface area contributed by atoms with Crippen LogP contribution in [-0.2, 0) is 20.9 Å². The van der Waals surface area contributed by atoms with E-state index in [4.69, 9.17) is 9.84 Å². The second-order valence-electron chi connectivity index (χ2n) is 3.39. The standard InChI is InChI=1S/C10H15N3O4/c1-2-5-17-7-9(14)11-8-3-4-13(12-8)6-10(15)16/h3-4H,2,5-7H2,1H3,(H,15,16)(H,11,12,14). The zero-order valence-corrected chi connectivity index (χ0v) is 9.55. The molecule has 1 aromatic heterocycles. The molecule has 0 fully saturated rings. The monoisotopic (exact) mass is 241 g/mol. The van der Waals surface area contributed by atoms with Gasteiger partial charge in [0.15, 0.2) is 5.82 Å². The summed E-state index contributed by atoms with van der Waals surface area (Å²) in [6.45, 7) is 2.22. The van der Waals surface area contributed by atoms with E-state index in [-0.39, 0.29) is 19.1 Å². The van der Waals surface area contributed by atoms with E-state index in [9.17, 15) is 9.59 Å². The third-order valence-electron chi connectivity index (χ3n) is 1.79. The van der Waals surface area contributed by atoms with Gasteiger partial charge >= 0.3 is 5.97 Å². The Labute approximate surface area is 98.4 Å². The topological polar surface area (TPSA) is 93.5 Å². The van der Waals surface area contributed by atoms with Gasteiger partial charge in [-0.1, -0.05) is 6.92 Å². The van der Waals surface area contributed by atoms with E-state index in [1.54, 1.807) is 0 Å². The molecule has 94 valence electrons. The van der Waals surface area contributed by atoms with Crippen molar-refractivity contribution in [1.29, 1.82) is 0 Å². The minimum Gasteiger partial charge on any atom is -0.480 e. The molecule has 0 unspecified atom stereocenters. The van der Waals surface area contributed by atoms with Gasteiger partial charge in [0.05, 0.1) is 0 Å². The summed E-state index contributed by atoms with van der Waals surface area (Å²) < 4.78 is 6.27. The molecule has 0 bridgehead atoms. The number of nitrogens with zero attached hydrogens (tertiary/aromatic N) is 2. The average Bonchev–Trinajstić information content (AvgIpc) is 2.64. The van der Waals surface area contributed by atoms with Crippen LogP contribution in [0.3, 0.4) is 0 Å². The van der Waals surface area contributed by atoms with Gasteiger partial charge in [-0.05, 0) is 6.42 Å². The van der Waals surface area contributed by atoms with Crippen LogP contribution in [0.4, 0.5) is 5.82 Å². The van der Waals surface area contributed by atoms with Crippen LogP contribution in [0, 0.1) is 0 Å². The second-order valence-corrected chi connectivity index (χ2v) is 3.39. The Bertz CT molecular complexity index is 389. The fraction of sp³-hybridized carbons (Fsp3) is 0.500. The highest BCUT2D eigenvalue weighted by Gasteiger charge is 2.06. The number of rotatable bonds is 7. The van der Waals surface area contributed by atoms with Crippen molar-refractivity contribution in [3.63, 3.8) is 0 Å². The highest BCUT2D eigenvalue weighted by atomic mass is 16.5. The molecule has 1 heterocycles. The first kappa shape index (κ1) is 13.2. The van der Waals surface area contributed by atoms with Crippen molar-refractivity contribution < 1.29 is 19.4 Å². The summed E-state index contributed by atoms with van der Waals surface area (Å²) in [4.78, 5) is 21.7. The number of aliphatic carboxylic acids is 1. The molecule has 0 atom stereocenters. The highest BCUT2D eigenvalue weighted by molar-refractivity contribution is 5.90. The zero-order valence-electron chi connectivity index (χ0n) is 9.55. The van der Waals surface area contributed by atoms with Gasteiger partial charge in [0.25, 0.3) is 5.91 Å². The van der Waals surface area contributed by atoms with E-state index in [2.05, 4.69) is 10.4 Å². The molecule has 0 aliphatic rings. The first-order valence-electron chi connectivity index (χ1n) is 5.24. The number of ether oxygens (including phenoxy) is 1. The summed E-state index contributed by atoms with van der Waals surface area (Å²) in [5.41, 5.74) is 0. The molecule has 0 aliphatic heterocycles. The van der Waals surface area contributed by atoms with Crippen molar-refractivity contribution in [2.24, 2.45) is 0 Å². The largest absolute Gasteiger partial charge is 0.480 e. The molecule has 0 saturated heterocycles. The predicted molar refractivity (Wildman–Crippen MR) is 59.6 cm³/mol. The maximum atomic E-state index is 11.3. The maximum Gasteiger partial charge on any atom is 0.325 e. The number of aromatic nitrogens is 2. The summed E-state index contributed by atoms with van der Waals surface area (Å²) >= 11 is 0. The molecule has 0 radical (unpaired) electrons. The zero-order chi connectivity index (χ0) is 12.7. The van der Waals surface area contributed by atoms with E-state index >= 15 is 0 Å². The molecule has 0 spiro atoms. The molecular weight excluding hydrogens is 226 g/mol. The molecular formula is C10H15N3O4. The Morgan fingerprint density at radius 3 is 3.00 bits per heavy atom. The van der Waals surface area contributed by atoms with Crippen LogP contribution < -0.4 is 5.32 Å². The van der Waals surface area contributed by atoms with Crippen LogP contribution in [0.25, 0.3) is 0 Å². The van der Waals surface area contributed by atoms with Crippen molar-refractivity contribution >= 4 is 17.7 Å². The third kappa shape index (κ3) is 5.12. The lowest BCUT2D eigenvalue weighted by Crippen LogP contribution is -2.19. The van der Waals surface area contributed by atoms with Crippen LogP contribution in [0.1, 0.15) is 13.3 Å². The van der Waals surface area contributed by atoms with E-state index in [1.165, 1.54) is 16.9 Å². The van der Waals surface area contributed by atoms with Gasteiger partial charge < -0.3 is 15.2 Å². The Morgan fingerprint density at radius 1 is 1.59 bits per heavy atom. The van der Waals surface area contributed by atoms with E-state index in [0.717, 1.165) is 6.42 Å². The second kappa shape index (κ2) is 6.64. The number of carbonyl (C=O) groups excluding carboxylic acids is 1. The molecule has 2 N–H and O–H groups in total. The van der Waals surface area contributed by atoms with Crippen molar-refractivity contribution in [3.8, 4) is 0 Å². The summed E-state index contributed by atoms with van der Waals surface area (Å²) in [6.07, 6.45) is 2.33. The molecule has 7 heteroatoms. The number of anilines is 1. The highest BCUT2D eigenvalue weighted by Crippen LogP contribution is 2.02. The SMILES string of the molecule is CCCOCC(=O)Nc1ccn(CC(=O)O)n1. The van der Waals surface area contributed by atoms with Gasteiger partial charge in [0.2, 0.25) is 0 Å². The Hall–Kier alpha value is -1.89. The summed E-state index contributed by atoms with van der Waals surface area (Å²) in [6, 6.07) is 1.53. The fourth-order valence-corrected chi connectivity index (χ4v) is 1.14. The van der Waals surface area contributed by atoms with Crippen LogP contribution in [-0.4, -0.2) is 40.0 Å². The van der Waals surface area contributed by atoms with E-state index in [0.29, 0.717) is 12.4 Å². The number of carbonyl (C=O) groups is 2. The minimum atomic E-state index is -0.989. The van der Waals surface area contributed by atoms with Crippen molar-refractivity contribution in [2.75, 3.05) is 18.5 Å². The van der Waals surface area contributed by atoms with Gasteiger partial charge in [0, 0.05) is 18.9 Å². The van der Waals surface area contributed by atoms with E-state index < -0.39 is 5.97 Å². The first-order chi connectivity index (χ1) is 8.11. The minimum absolute atomic E-state index is 0.0281. The quantitative estimate of drug-likeness (QED) is 0.671. The maximum absolute atomic E-state index is 11.3. The van der Waals surface area contributed by atoms with Crippen LogP contribution in [0.15, 0.2) is 12.3 Å². The molecule has 1 amide bonds. The lowest BCUT2D eigenvalue weighted by atomic mass is 10.5. The van der Waals surface area contributed by atoms with Gasteiger partial charge in [0.1, 0.15) is 13.2 Å². The molecule has 1 aromatic rings. The van der Waals surface area contributed by atoms with Crippen molar-refractivity contribution in [3.05, 3.63) is 12.3 Å². The average molecular weight is 241 g/mol. The predicted octanol–water partition coefficient (Wildman–Crippen LogP) is 0.333. The summed E-state index contributed by atoms with van der Waals surface area (Å²) in [7, 11) is 0. The third-order valence-corrected chi connectivity index (χ3v) is 1.79. The number of carboxylic acid groups (broad SMARTS) is 1. The van der Waals surface area contributed by atoms with Gasteiger partial charge in [-0.25, -0.2) is 0 Å². The number of hydrogen-bond donors (Lipinski definition) is 2. The van der Waals surface area contributed by atoms with Gasteiger partial charge in [-0.15, -0.1) is 0 Å². The van der Waals surface area contributed by atoms with Gasteiger partial charge in [-0.2, -0.15) is 5.10 Å². The van der Waals surface area contributed by atoms with Crippen molar-refractivity contribution in [1.82, 2.24) is 9.78 Å². The molecule has 7 nitrogen and oxygen atoms in total. The fourth-order valence-electron chi connectivity index (χ4n) is 1.14. The lowest BCUT2D eigenvalue weighted by Gasteiger charge is -2.02. The molecule has 17 heavy (non-hydrogen) atoms. The first-order valence-corrected chi connectivity index (χ1v) is 5.24. The number of carboxylic acids is 1. The molecule has 1 rings (SSSR count). The van der Waals surface area contributed by atoms with Gasteiger partial charge in [-0.3, -0.25) is 14.3 Å². The molecule has 0 aromatic carbocycles. The smallest absolute Gasteiger partial charge is 0.325 e. The Morgan fingerprint density at radius 2 is 2.35 bits per heavy atom. The summed E-state index contributed by atoms with van der Waals surface area (Å²) in [5, 5.41) is 14.9. The summed E-state index contributed by atoms with van der Waals surface area (Å²) in [5.74, 6) is -0.979. The van der Waals surface area contributed by atoms with Crippen LogP contribution in [0.2, 0.25) is 0 Å². The number of nitrogens with one attached hydrogen (secondary N) is 1. The Balaban J connectivity index is 2.38. The molecule has 0 saturated carbocycles. The number of amides is 1. The lowest BCUT2D eigenvalue weighted by molar-refractivity contribution is -0.137.